The lowest BCUT2D eigenvalue weighted by Gasteiger charge is -2.11. The minimum atomic E-state index is -0.264. The van der Waals surface area contributed by atoms with Crippen molar-refractivity contribution in [1.29, 1.82) is 0 Å². The van der Waals surface area contributed by atoms with Crippen LogP contribution in [0.1, 0.15) is 41.8 Å². The Kier molecular flexibility index (Phi) is 6.47. The van der Waals surface area contributed by atoms with Crippen LogP contribution in [-0.4, -0.2) is 44.9 Å². The second kappa shape index (κ2) is 9.34. The number of thioether (sulfide) groups is 1. The van der Waals surface area contributed by atoms with Gasteiger partial charge in [-0.2, -0.15) is 5.10 Å². The lowest BCUT2D eigenvalue weighted by Crippen LogP contribution is -2.16. The number of hydrogen-bond acceptors (Lipinski definition) is 6. The van der Waals surface area contributed by atoms with Gasteiger partial charge in [-0.1, -0.05) is 0 Å². The summed E-state index contributed by atoms with van der Waals surface area (Å²) in [6.07, 6.45) is 1.68. The summed E-state index contributed by atoms with van der Waals surface area (Å²) in [6, 6.07) is 11.0. The number of rotatable bonds is 5. The summed E-state index contributed by atoms with van der Waals surface area (Å²) in [4.78, 5) is 32.4. The van der Waals surface area contributed by atoms with Crippen LogP contribution in [-0.2, 0) is 0 Å². The molecule has 1 N–H and O–H groups in total. The fourth-order valence-corrected chi connectivity index (χ4v) is 4.26. The third-order valence-electron chi connectivity index (χ3n) is 5.30. The predicted molar refractivity (Wildman–Crippen MR) is 134 cm³/mol. The molecule has 0 saturated heterocycles. The SMILES string of the molecule is Cc1cc(-c2cc(C(=O)Nc3ccc(SC(=O)N(C)C)cc3)c3cnn(C(C)C)c3n2)c(C)o1. The van der Waals surface area contributed by atoms with Gasteiger partial charge in [0.1, 0.15) is 11.5 Å². The Bertz CT molecular complexity index is 1370. The Hall–Kier alpha value is -3.59. The number of fused-ring (bicyclic) bond motifs is 1. The Morgan fingerprint density at radius 1 is 1.12 bits per heavy atom. The molecule has 0 aliphatic heterocycles. The van der Waals surface area contributed by atoms with E-state index in [1.165, 1.54) is 4.90 Å². The Balaban J connectivity index is 1.69. The number of aromatic nitrogens is 3. The van der Waals surface area contributed by atoms with E-state index in [4.69, 9.17) is 9.40 Å². The summed E-state index contributed by atoms with van der Waals surface area (Å²) in [5, 5.41) is 8.05. The highest BCUT2D eigenvalue weighted by Crippen LogP contribution is 2.30. The second-order valence-corrected chi connectivity index (χ2v) is 9.57. The molecule has 0 fully saturated rings. The number of carbonyl (C=O) groups is 2. The van der Waals surface area contributed by atoms with Crippen molar-refractivity contribution in [2.75, 3.05) is 19.4 Å². The first-order chi connectivity index (χ1) is 16.1. The van der Waals surface area contributed by atoms with Crippen LogP contribution < -0.4 is 5.32 Å². The maximum Gasteiger partial charge on any atom is 0.285 e. The number of aryl methyl sites for hydroxylation is 2. The first-order valence-electron chi connectivity index (χ1n) is 10.9. The predicted octanol–water partition coefficient (Wildman–Crippen LogP) is 5.92. The molecule has 3 heterocycles. The minimum absolute atomic E-state index is 0.0598. The summed E-state index contributed by atoms with van der Waals surface area (Å²) in [5.74, 6) is 1.26. The summed E-state index contributed by atoms with van der Waals surface area (Å²) >= 11 is 1.13. The number of carbonyl (C=O) groups excluding carboxylic acids is 2. The first kappa shape index (κ1) is 23.6. The van der Waals surface area contributed by atoms with Gasteiger partial charge in [-0.15, -0.1) is 0 Å². The summed E-state index contributed by atoms with van der Waals surface area (Å²) in [6.45, 7) is 7.81. The standard InChI is InChI=1S/C25H27N5O3S/c1-14(2)30-23-21(13-26-30)20(12-22(28-23)19-11-15(3)33-16(19)4)24(31)27-17-7-9-18(10-8-17)34-25(32)29(5)6/h7-14H,1-6H3,(H,27,31). The number of nitrogens with one attached hydrogen (secondary N) is 1. The Morgan fingerprint density at radius 3 is 2.41 bits per heavy atom. The smallest absolute Gasteiger partial charge is 0.285 e. The first-order valence-corrected chi connectivity index (χ1v) is 11.7. The van der Waals surface area contributed by atoms with Crippen molar-refractivity contribution in [2.24, 2.45) is 0 Å². The van der Waals surface area contributed by atoms with E-state index in [0.717, 1.165) is 33.7 Å². The van der Waals surface area contributed by atoms with Crippen LogP contribution in [0.3, 0.4) is 0 Å². The molecule has 1 aromatic carbocycles. The highest BCUT2D eigenvalue weighted by molar-refractivity contribution is 8.13. The highest BCUT2D eigenvalue weighted by Gasteiger charge is 2.20. The molecule has 4 aromatic rings. The van der Waals surface area contributed by atoms with E-state index in [9.17, 15) is 9.59 Å². The number of furan rings is 1. The molecular formula is C25H27N5O3S. The van der Waals surface area contributed by atoms with Gasteiger partial charge in [-0.05, 0) is 75.9 Å². The molecule has 0 spiro atoms. The molecule has 0 atom stereocenters. The van der Waals surface area contributed by atoms with Gasteiger partial charge in [0, 0.05) is 36.3 Å². The number of benzene rings is 1. The van der Waals surface area contributed by atoms with E-state index in [-0.39, 0.29) is 17.2 Å². The van der Waals surface area contributed by atoms with E-state index in [0.29, 0.717) is 28.0 Å². The van der Waals surface area contributed by atoms with Crippen LogP contribution in [0.2, 0.25) is 0 Å². The largest absolute Gasteiger partial charge is 0.466 e. The van der Waals surface area contributed by atoms with E-state index < -0.39 is 0 Å². The summed E-state index contributed by atoms with van der Waals surface area (Å²) < 4.78 is 7.51. The number of hydrogen-bond donors (Lipinski definition) is 1. The summed E-state index contributed by atoms with van der Waals surface area (Å²) in [5.41, 5.74) is 3.25. The molecule has 0 aliphatic carbocycles. The lowest BCUT2D eigenvalue weighted by atomic mass is 10.1. The van der Waals surface area contributed by atoms with Crippen molar-refractivity contribution >= 4 is 39.6 Å². The zero-order valence-electron chi connectivity index (χ0n) is 20.0. The van der Waals surface area contributed by atoms with Crippen LogP contribution in [0.4, 0.5) is 10.5 Å². The van der Waals surface area contributed by atoms with Gasteiger partial charge < -0.3 is 14.6 Å². The van der Waals surface area contributed by atoms with Crippen LogP contribution >= 0.6 is 11.8 Å². The summed E-state index contributed by atoms with van der Waals surface area (Å²) in [7, 11) is 3.42. The molecule has 3 aromatic heterocycles. The van der Waals surface area contributed by atoms with Crippen molar-refractivity contribution in [1.82, 2.24) is 19.7 Å². The monoisotopic (exact) mass is 477 g/mol. The molecule has 2 amide bonds. The van der Waals surface area contributed by atoms with Gasteiger partial charge in [0.25, 0.3) is 11.1 Å². The molecular weight excluding hydrogens is 450 g/mol. The van der Waals surface area contributed by atoms with Crippen LogP contribution in [0.5, 0.6) is 0 Å². The minimum Gasteiger partial charge on any atom is -0.466 e. The molecule has 0 unspecified atom stereocenters. The third kappa shape index (κ3) is 4.70. The van der Waals surface area contributed by atoms with E-state index in [1.807, 2.05) is 50.6 Å². The van der Waals surface area contributed by atoms with Gasteiger partial charge in [0.05, 0.1) is 22.8 Å². The van der Waals surface area contributed by atoms with Gasteiger partial charge >= 0.3 is 0 Å². The third-order valence-corrected chi connectivity index (χ3v) is 6.35. The zero-order valence-corrected chi connectivity index (χ0v) is 20.9. The normalized spacial score (nSPS) is 11.3. The average Bonchev–Trinajstić information content (AvgIpc) is 3.36. The van der Waals surface area contributed by atoms with Gasteiger partial charge in [-0.3, -0.25) is 9.59 Å². The quantitative estimate of drug-likeness (QED) is 0.359. The van der Waals surface area contributed by atoms with Crippen molar-refractivity contribution in [3.63, 3.8) is 0 Å². The second-order valence-electron chi connectivity index (χ2n) is 8.54. The van der Waals surface area contributed by atoms with Crippen LogP contribution in [0.25, 0.3) is 22.3 Å². The molecule has 34 heavy (non-hydrogen) atoms. The lowest BCUT2D eigenvalue weighted by molar-refractivity contribution is 0.102. The molecule has 4 rings (SSSR count). The van der Waals surface area contributed by atoms with Crippen molar-refractivity contribution < 1.29 is 14.0 Å². The molecule has 0 aliphatic rings. The van der Waals surface area contributed by atoms with E-state index in [1.54, 1.807) is 38.5 Å². The van der Waals surface area contributed by atoms with Gasteiger partial charge in [0.15, 0.2) is 5.65 Å². The molecule has 8 nitrogen and oxygen atoms in total. The fourth-order valence-electron chi connectivity index (χ4n) is 3.60. The fraction of sp³-hybridized carbons (Fsp3) is 0.280. The molecule has 9 heteroatoms. The highest BCUT2D eigenvalue weighted by atomic mass is 32.2. The molecule has 0 bridgehead atoms. The van der Waals surface area contributed by atoms with Crippen molar-refractivity contribution in [2.45, 2.75) is 38.6 Å². The average molecular weight is 478 g/mol. The molecule has 0 saturated carbocycles. The number of nitrogens with zero attached hydrogens (tertiary/aromatic N) is 4. The molecule has 0 radical (unpaired) electrons. The Labute approximate surface area is 202 Å². The number of anilines is 1. The van der Waals surface area contributed by atoms with Crippen LogP contribution in [0.15, 0.2) is 51.9 Å². The topological polar surface area (TPSA) is 93.3 Å². The van der Waals surface area contributed by atoms with Gasteiger partial charge in [0.2, 0.25) is 0 Å². The maximum atomic E-state index is 13.4. The van der Waals surface area contributed by atoms with Crippen molar-refractivity contribution in [3.05, 3.63) is 59.7 Å². The van der Waals surface area contributed by atoms with E-state index in [2.05, 4.69) is 10.4 Å². The Morgan fingerprint density at radius 2 is 1.82 bits per heavy atom. The van der Waals surface area contributed by atoms with E-state index >= 15 is 0 Å². The zero-order chi connectivity index (χ0) is 24.6. The van der Waals surface area contributed by atoms with Gasteiger partial charge in [-0.25, -0.2) is 9.67 Å². The van der Waals surface area contributed by atoms with Crippen LogP contribution in [0, 0.1) is 13.8 Å². The maximum absolute atomic E-state index is 13.4. The van der Waals surface area contributed by atoms with Crippen molar-refractivity contribution in [3.8, 4) is 11.3 Å². The molecule has 176 valence electrons. The number of pyridine rings is 1. The number of amides is 2.